The van der Waals surface area contributed by atoms with Gasteiger partial charge in [0.1, 0.15) is 10.6 Å². The summed E-state index contributed by atoms with van der Waals surface area (Å²) in [6.45, 7) is 5.03. The van der Waals surface area contributed by atoms with Gasteiger partial charge < -0.3 is 9.80 Å². The largest absolute Gasteiger partial charge is 0.348 e. The van der Waals surface area contributed by atoms with E-state index in [4.69, 9.17) is 0 Å². The van der Waals surface area contributed by atoms with Crippen LogP contribution in [0, 0.1) is 12.7 Å². The Bertz CT molecular complexity index is 1110. The molecule has 4 rings (SSSR count). The number of halogens is 1. The number of likely N-dealkylation sites (N-methyl/N-ethyl adjacent to an activating group) is 1. The van der Waals surface area contributed by atoms with E-state index < -0.39 is 0 Å². The Morgan fingerprint density at radius 1 is 1.13 bits per heavy atom. The number of benzene rings is 1. The molecule has 0 atom stereocenters. The van der Waals surface area contributed by atoms with Gasteiger partial charge >= 0.3 is 0 Å². The first-order valence-electron chi connectivity index (χ1n) is 10.3. The van der Waals surface area contributed by atoms with E-state index in [2.05, 4.69) is 10.00 Å². The monoisotopic (exact) mass is 443 g/mol. The van der Waals surface area contributed by atoms with Crippen LogP contribution in [0.15, 0.2) is 30.3 Å². The maximum Gasteiger partial charge on any atom is 0.264 e. The van der Waals surface area contributed by atoms with Crippen molar-refractivity contribution in [3.05, 3.63) is 46.7 Å². The average Bonchev–Trinajstić information content (AvgIpc) is 3.21. The molecule has 1 aliphatic rings. The molecule has 1 aliphatic heterocycles. The van der Waals surface area contributed by atoms with Crippen LogP contribution in [0.25, 0.3) is 15.9 Å². The van der Waals surface area contributed by atoms with Crippen LogP contribution < -0.4 is 0 Å². The number of amides is 2. The second-order valence-corrected chi connectivity index (χ2v) is 9.04. The summed E-state index contributed by atoms with van der Waals surface area (Å²) in [5.41, 5.74) is 1.59. The number of aryl methyl sites for hydroxylation is 1. The van der Waals surface area contributed by atoms with E-state index in [9.17, 15) is 14.0 Å². The van der Waals surface area contributed by atoms with E-state index in [-0.39, 0.29) is 17.6 Å². The zero-order valence-corrected chi connectivity index (χ0v) is 18.8. The summed E-state index contributed by atoms with van der Waals surface area (Å²) in [4.78, 5) is 32.4. The van der Waals surface area contributed by atoms with Crippen molar-refractivity contribution < 1.29 is 14.0 Å². The highest BCUT2D eigenvalue weighted by molar-refractivity contribution is 7.20. The van der Waals surface area contributed by atoms with Crippen molar-refractivity contribution in [1.29, 1.82) is 0 Å². The number of rotatable bonds is 4. The predicted molar refractivity (Wildman–Crippen MR) is 119 cm³/mol. The van der Waals surface area contributed by atoms with Crippen LogP contribution in [0.2, 0.25) is 0 Å². The minimum atomic E-state index is -0.298. The highest BCUT2D eigenvalue weighted by atomic mass is 32.1. The topological polar surface area (TPSA) is 61.7 Å². The van der Waals surface area contributed by atoms with Crippen LogP contribution >= 0.6 is 11.3 Å². The lowest BCUT2D eigenvalue weighted by Crippen LogP contribution is -2.39. The quantitative estimate of drug-likeness (QED) is 0.622. The van der Waals surface area contributed by atoms with Gasteiger partial charge in [0.15, 0.2) is 0 Å². The van der Waals surface area contributed by atoms with Gasteiger partial charge in [0.2, 0.25) is 5.91 Å². The van der Waals surface area contributed by atoms with Crippen LogP contribution in [-0.4, -0.2) is 83.1 Å². The zero-order chi connectivity index (χ0) is 22.1. The van der Waals surface area contributed by atoms with Gasteiger partial charge in [-0.1, -0.05) is 0 Å². The second kappa shape index (κ2) is 8.76. The highest BCUT2D eigenvalue weighted by Gasteiger charge is 2.24. The Morgan fingerprint density at radius 3 is 2.58 bits per heavy atom. The molecular formula is C22H26FN5O2S. The lowest BCUT2D eigenvalue weighted by Gasteiger charge is -2.22. The van der Waals surface area contributed by atoms with Crippen LogP contribution in [0.5, 0.6) is 0 Å². The molecule has 1 saturated heterocycles. The fourth-order valence-corrected chi connectivity index (χ4v) is 4.88. The average molecular weight is 444 g/mol. The van der Waals surface area contributed by atoms with Crippen molar-refractivity contribution in [1.82, 2.24) is 24.5 Å². The van der Waals surface area contributed by atoms with Crippen molar-refractivity contribution in [3.63, 3.8) is 0 Å². The Balaban J connectivity index is 1.52. The lowest BCUT2D eigenvalue weighted by molar-refractivity contribution is -0.129. The van der Waals surface area contributed by atoms with E-state index in [1.807, 2.05) is 17.9 Å². The molecule has 0 spiro atoms. The molecule has 1 aromatic carbocycles. The number of carbonyl (C=O) groups excluding carboxylic acids is 2. The van der Waals surface area contributed by atoms with Crippen LogP contribution in [0.4, 0.5) is 4.39 Å². The molecule has 1 fully saturated rings. The number of aromatic nitrogens is 2. The molecular weight excluding hydrogens is 417 g/mol. The van der Waals surface area contributed by atoms with E-state index in [1.165, 1.54) is 23.5 Å². The minimum Gasteiger partial charge on any atom is -0.348 e. The van der Waals surface area contributed by atoms with Crippen molar-refractivity contribution in [3.8, 4) is 5.69 Å². The minimum absolute atomic E-state index is 0.00652. The zero-order valence-electron chi connectivity index (χ0n) is 18.0. The fraction of sp³-hybridized carbons (Fsp3) is 0.409. The third-order valence-electron chi connectivity index (χ3n) is 5.56. The van der Waals surface area contributed by atoms with Gasteiger partial charge in [-0.2, -0.15) is 5.10 Å². The molecule has 0 saturated carbocycles. The summed E-state index contributed by atoms with van der Waals surface area (Å²) in [7, 11) is 3.51. The Hall–Kier alpha value is -2.78. The molecule has 3 aromatic rings. The summed E-state index contributed by atoms with van der Waals surface area (Å²) in [5.74, 6) is -0.217. The van der Waals surface area contributed by atoms with Gasteiger partial charge in [0.05, 0.1) is 22.8 Å². The molecule has 3 heterocycles. The van der Waals surface area contributed by atoms with Gasteiger partial charge in [0, 0.05) is 45.7 Å². The van der Waals surface area contributed by atoms with E-state index in [0.29, 0.717) is 31.1 Å². The Morgan fingerprint density at radius 2 is 1.87 bits per heavy atom. The summed E-state index contributed by atoms with van der Waals surface area (Å²) in [6, 6.07) is 8.08. The Labute approximate surface area is 184 Å². The summed E-state index contributed by atoms with van der Waals surface area (Å²) in [6.07, 6.45) is 0.833. The molecule has 164 valence electrons. The molecule has 0 radical (unpaired) electrons. The molecule has 0 bridgehead atoms. The summed E-state index contributed by atoms with van der Waals surface area (Å²) in [5, 5.41) is 5.50. The van der Waals surface area contributed by atoms with E-state index >= 15 is 0 Å². The smallest absolute Gasteiger partial charge is 0.264 e. The maximum absolute atomic E-state index is 13.3. The number of nitrogens with zero attached hydrogens (tertiary/aromatic N) is 5. The number of thiophene rings is 1. The highest BCUT2D eigenvalue weighted by Crippen LogP contribution is 2.31. The van der Waals surface area contributed by atoms with Gasteiger partial charge in [-0.15, -0.1) is 11.3 Å². The normalized spacial score (nSPS) is 15.3. The van der Waals surface area contributed by atoms with Crippen LogP contribution in [-0.2, 0) is 4.79 Å². The van der Waals surface area contributed by atoms with Gasteiger partial charge in [-0.25, -0.2) is 9.07 Å². The van der Waals surface area contributed by atoms with Gasteiger partial charge in [-0.05, 0) is 43.7 Å². The summed E-state index contributed by atoms with van der Waals surface area (Å²) >= 11 is 1.41. The number of carbonyl (C=O) groups is 2. The molecule has 0 aliphatic carbocycles. The maximum atomic E-state index is 13.3. The first kappa shape index (κ1) is 21.5. The van der Waals surface area contributed by atoms with E-state index in [0.717, 1.165) is 34.6 Å². The van der Waals surface area contributed by atoms with Gasteiger partial charge in [-0.3, -0.25) is 14.5 Å². The molecule has 31 heavy (non-hydrogen) atoms. The third-order valence-corrected chi connectivity index (χ3v) is 6.66. The second-order valence-electron chi connectivity index (χ2n) is 8.01. The first-order valence-corrected chi connectivity index (χ1v) is 11.1. The Kier molecular flexibility index (Phi) is 6.06. The third kappa shape index (κ3) is 4.47. The van der Waals surface area contributed by atoms with E-state index in [1.54, 1.807) is 35.8 Å². The fourth-order valence-electron chi connectivity index (χ4n) is 3.73. The molecule has 7 nitrogen and oxygen atoms in total. The number of fused-ring (bicyclic) bond motifs is 1. The van der Waals surface area contributed by atoms with Crippen LogP contribution in [0.3, 0.4) is 0 Å². The molecule has 0 unspecified atom stereocenters. The predicted octanol–water partition coefficient (Wildman–Crippen LogP) is 2.77. The first-order chi connectivity index (χ1) is 14.8. The van der Waals surface area contributed by atoms with Crippen molar-refractivity contribution in [2.75, 3.05) is 46.8 Å². The molecule has 0 N–H and O–H groups in total. The van der Waals surface area contributed by atoms with Crippen molar-refractivity contribution in [2.24, 2.45) is 0 Å². The van der Waals surface area contributed by atoms with Crippen molar-refractivity contribution in [2.45, 2.75) is 13.3 Å². The number of hydrogen-bond donors (Lipinski definition) is 0. The molecule has 2 aromatic heterocycles. The van der Waals surface area contributed by atoms with Crippen molar-refractivity contribution >= 4 is 33.4 Å². The molecule has 2 amide bonds. The molecule has 9 heteroatoms. The lowest BCUT2D eigenvalue weighted by atomic mass is 10.3. The standard InChI is InChI=1S/C22H26FN5O2S/c1-15-18-13-19(31-22(18)28(24-15)17-7-5-16(23)6-8-17)21(30)27-10-4-9-26(11-12-27)14-20(29)25(2)3/h5-8,13H,4,9-12,14H2,1-3H3. The number of hydrogen-bond acceptors (Lipinski definition) is 5. The van der Waals surface area contributed by atoms with Crippen LogP contribution in [0.1, 0.15) is 21.8 Å². The summed E-state index contributed by atoms with van der Waals surface area (Å²) < 4.78 is 15.1. The van der Waals surface area contributed by atoms with Gasteiger partial charge in [0.25, 0.3) is 5.91 Å². The SMILES string of the molecule is Cc1nn(-c2ccc(F)cc2)c2sc(C(=O)N3CCCN(CC(=O)N(C)C)CC3)cc12.